The topological polar surface area (TPSA) is 41.5 Å². The lowest BCUT2D eigenvalue weighted by Gasteiger charge is -2.19. The van der Waals surface area contributed by atoms with Crippen LogP contribution in [-0.4, -0.2) is 12.1 Å². The minimum atomic E-state index is -0.00357. The summed E-state index contributed by atoms with van der Waals surface area (Å²) >= 11 is 3.42. The van der Waals surface area contributed by atoms with Crippen molar-refractivity contribution in [1.82, 2.24) is 5.43 Å². The van der Waals surface area contributed by atoms with Gasteiger partial charge in [0, 0.05) is 10.4 Å². The molecule has 0 spiro atoms. The highest BCUT2D eigenvalue weighted by atomic mass is 79.9. The zero-order valence-corrected chi connectivity index (χ0v) is 16.4. The van der Waals surface area contributed by atoms with E-state index in [9.17, 15) is 4.79 Å². The first-order valence-electron chi connectivity index (χ1n) is 8.53. The molecular weight excluding hydrogens is 376 g/mol. The fraction of sp³-hybridized carbons (Fsp3) is 0.333. The molecule has 0 aromatic heterocycles. The second-order valence-corrected chi connectivity index (χ2v) is 8.53. The van der Waals surface area contributed by atoms with E-state index in [-0.39, 0.29) is 17.2 Å². The first-order valence-corrected chi connectivity index (χ1v) is 9.33. The van der Waals surface area contributed by atoms with Gasteiger partial charge in [-0.05, 0) is 46.6 Å². The molecule has 1 amide bonds. The van der Waals surface area contributed by atoms with Crippen molar-refractivity contribution in [2.45, 2.75) is 38.5 Å². The predicted octanol–water partition coefficient (Wildman–Crippen LogP) is 5.00. The summed E-state index contributed by atoms with van der Waals surface area (Å²) in [7, 11) is 0. The van der Waals surface area contributed by atoms with Crippen LogP contribution in [0.15, 0.2) is 58.1 Å². The van der Waals surface area contributed by atoms with Crippen LogP contribution in [0.3, 0.4) is 0 Å². The minimum absolute atomic E-state index is 0.00357. The van der Waals surface area contributed by atoms with Gasteiger partial charge in [0.25, 0.3) is 0 Å². The Balaban J connectivity index is 1.55. The van der Waals surface area contributed by atoms with Crippen LogP contribution in [0.5, 0.6) is 0 Å². The summed E-state index contributed by atoms with van der Waals surface area (Å²) in [5, 5.41) is 4.07. The van der Waals surface area contributed by atoms with E-state index in [1.165, 1.54) is 11.1 Å². The number of nitrogens with one attached hydrogen (secondary N) is 1. The second kappa shape index (κ2) is 7.12. The van der Waals surface area contributed by atoms with Crippen LogP contribution < -0.4 is 5.43 Å². The monoisotopic (exact) mass is 398 g/mol. The SMILES string of the molecule is CC(C)(C)c1ccc([C@@H]2C[C@@H]2C(=O)NN=Cc2cccc(Br)c2)cc1. The molecule has 0 unspecified atom stereocenters. The number of carbonyl (C=O) groups excluding carboxylic acids is 1. The molecule has 1 aliphatic rings. The fourth-order valence-electron chi connectivity index (χ4n) is 2.92. The zero-order chi connectivity index (χ0) is 18.0. The number of hydrogen-bond acceptors (Lipinski definition) is 2. The van der Waals surface area contributed by atoms with E-state index in [1.54, 1.807) is 6.21 Å². The summed E-state index contributed by atoms with van der Waals surface area (Å²) < 4.78 is 0.990. The van der Waals surface area contributed by atoms with Crippen molar-refractivity contribution in [3.63, 3.8) is 0 Å². The van der Waals surface area contributed by atoms with Crippen molar-refractivity contribution in [2.24, 2.45) is 11.0 Å². The Morgan fingerprint density at radius 2 is 1.92 bits per heavy atom. The number of hydrazone groups is 1. The molecule has 0 radical (unpaired) electrons. The lowest BCUT2D eigenvalue weighted by Crippen LogP contribution is -2.20. The normalized spacial score (nSPS) is 19.8. The molecule has 2 atom stereocenters. The number of amides is 1. The van der Waals surface area contributed by atoms with E-state index >= 15 is 0 Å². The summed E-state index contributed by atoms with van der Waals surface area (Å²) in [4.78, 5) is 12.2. The van der Waals surface area contributed by atoms with Gasteiger partial charge in [-0.2, -0.15) is 5.10 Å². The van der Waals surface area contributed by atoms with Gasteiger partial charge >= 0.3 is 0 Å². The Bertz CT molecular complexity index is 790. The second-order valence-electron chi connectivity index (χ2n) is 7.61. The number of rotatable bonds is 4. The number of benzene rings is 2. The van der Waals surface area contributed by atoms with Crippen molar-refractivity contribution in [2.75, 3.05) is 0 Å². The van der Waals surface area contributed by atoms with E-state index in [1.807, 2.05) is 24.3 Å². The lowest BCUT2D eigenvalue weighted by atomic mass is 9.86. The number of hydrogen-bond donors (Lipinski definition) is 1. The average molecular weight is 399 g/mol. The molecule has 0 bridgehead atoms. The summed E-state index contributed by atoms with van der Waals surface area (Å²) in [5.41, 5.74) is 6.32. The molecule has 3 nitrogen and oxygen atoms in total. The molecule has 130 valence electrons. The van der Waals surface area contributed by atoms with Gasteiger partial charge in [-0.25, -0.2) is 5.43 Å². The van der Waals surface area contributed by atoms with E-state index in [2.05, 4.69) is 71.5 Å². The number of carbonyl (C=O) groups is 1. The maximum Gasteiger partial charge on any atom is 0.243 e. The van der Waals surface area contributed by atoms with Crippen LogP contribution in [-0.2, 0) is 10.2 Å². The van der Waals surface area contributed by atoms with Crippen molar-refractivity contribution < 1.29 is 4.79 Å². The Hall–Kier alpha value is -1.94. The highest BCUT2D eigenvalue weighted by molar-refractivity contribution is 9.10. The van der Waals surface area contributed by atoms with Crippen LogP contribution >= 0.6 is 15.9 Å². The van der Waals surface area contributed by atoms with Crippen LogP contribution in [0, 0.1) is 5.92 Å². The lowest BCUT2D eigenvalue weighted by molar-refractivity contribution is -0.122. The van der Waals surface area contributed by atoms with E-state index in [0.29, 0.717) is 5.92 Å². The molecule has 0 heterocycles. The third kappa shape index (κ3) is 4.57. The Morgan fingerprint density at radius 1 is 1.20 bits per heavy atom. The highest BCUT2D eigenvalue weighted by Gasteiger charge is 2.43. The fourth-order valence-corrected chi connectivity index (χ4v) is 3.34. The van der Waals surface area contributed by atoms with Crippen LogP contribution in [0.25, 0.3) is 0 Å². The van der Waals surface area contributed by atoms with Crippen molar-refractivity contribution in [3.05, 3.63) is 69.7 Å². The quantitative estimate of drug-likeness (QED) is 0.571. The third-order valence-electron chi connectivity index (χ3n) is 4.57. The van der Waals surface area contributed by atoms with Crippen LogP contribution in [0.4, 0.5) is 0 Å². The van der Waals surface area contributed by atoms with E-state index < -0.39 is 0 Å². The van der Waals surface area contributed by atoms with Gasteiger partial charge < -0.3 is 0 Å². The summed E-state index contributed by atoms with van der Waals surface area (Å²) in [6, 6.07) is 16.4. The number of halogens is 1. The molecular formula is C21H23BrN2O. The minimum Gasteiger partial charge on any atom is -0.273 e. The van der Waals surface area contributed by atoms with Gasteiger partial charge in [0.15, 0.2) is 0 Å². The summed E-state index contributed by atoms with van der Waals surface area (Å²) in [6.45, 7) is 6.62. The largest absolute Gasteiger partial charge is 0.273 e. The maximum atomic E-state index is 12.2. The molecule has 3 rings (SSSR count). The number of nitrogens with zero attached hydrogens (tertiary/aromatic N) is 1. The highest BCUT2D eigenvalue weighted by Crippen LogP contribution is 2.47. The average Bonchev–Trinajstić information content (AvgIpc) is 3.35. The zero-order valence-electron chi connectivity index (χ0n) is 14.8. The maximum absolute atomic E-state index is 12.2. The van der Waals surface area contributed by atoms with Gasteiger partial charge in [0.1, 0.15) is 0 Å². The van der Waals surface area contributed by atoms with Gasteiger partial charge in [-0.1, -0.05) is 73.1 Å². The standard InChI is InChI=1S/C21H23BrN2O/c1-21(2,3)16-9-7-15(8-10-16)18-12-19(18)20(25)24-23-13-14-5-4-6-17(22)11-14/h4-11,13,18-19H,12H2,1-3H3,(H,24,25)/t18-,19-/m0/s1. The smallest absolute Gasteiger partial charge is 0.243 e. The van der Waals surface area contributed by atoms with E-state index in [4.69, 9.17) is 0 Å². The Kier molecular flexibility index (Phi) is 5.09. The molecule has 2 aromatic carbocycles. The molecule has 0 aliphatic heterocycles. The van der Waals surface area contributed by atoms with Gasteiger partial charge in [-0.15, -0.1) is 0 Å². The third-order valence-corrected chi connectivity index (χ3v) is 5.06. The predicted molar refractivity (Wildman–Crippen MR) is 106 cm³/mol. The Morgan fingerprint density at radius 3 is 2.56 bits per heavy atom. The van der Waals surface area contributed by atoms with Crippen LogP contribution in [0.1, 0.15) is 49.8 Å². The van der Waals surface area contributed by atoms with E-state index in [0.717, 1.165) is 16.5 Å². The van der Waals surface area contributed by atoms with Crippen LogP contribution in [0.2, 0.25) is 0 Å². The van der Waals surface area contributed by atoms with Crippen molar-refractivity contribution >= 4 is 28.1 Å². The molecule has 1 fully saturated rings. The molecule has 1 aliphatic carbocycles. The molecule has 0 saturated heterocycles. The molecule has 25 heavy (non-hydrogen) atoms. The molecule has 2 aromatic rings. The molecule has 1 saturated carbocycles. The first-order chi connectivity index (χ1) is 11.8. The summed E-state index contributed by atoms with van der Waals surface area (Å²) in [6.07, 6.45) is 2.56. The first kappa shape index (κ1) is 17.9. The van der Waals surface area contributed by atoms with Crippen molar-refractivity contribution in [3.8, 4) is 0 Å². The van der Waals surface area contributed by atoms with Gasteiger partial charge in [0.2, 0.25) is 5.91 Å². The molecule has 4 heteroatoms. The van der Waals surface area contributed by atoms with Gasteiger partial charge in [-0.3, -0.25) is 4.79 Å². The summed E-state index contributed by atoms with van der Waals surface area (Å²) in [5.74, 6) is 0.339. The van der Waals surface area contributed by atoms with Crippen molar-refractivity contribution in [1.29, 1.82) is 0 Å². The van der Waals surface area contributed by atoms with Gasteiger partial charge in [0.05, 0.1) is 6.21 Å². The molecule has 1 N–H and O–H groups in total. The Labute approximate surface area is 157 Å².